The number of para-hydroxylation sites is 1. The minimum Gasteiger partial charge on any atom is -0.422 e. The van der Waals surface area contributed by atoms with Gasteiger partial charge in [-0.25, -0.2) is 4.79 Å². The van der Waals surface area contributed by atoms with Crippen LogP contribution < -0.4 is 10.9 Å². The third-order valence-electron chi connectivity index (χ3n) is 4.65. The highest BCUT2D eigenvalue weighted by molar-refractivity contribution is 6.34. The van der Waals surface area contributed by atoms with Crippen LogP contribution >= 0.6 is 11.6 Å². The molecule has 0 saturated carbocycles. The molecule has 1 N–H and O–H groups in total. The number of halogens is 1. The molecule has 2 heterocycles. The summed E-state index contributed by atoms with van der Waals surface area (Å²) in [6.07, 6.45) is 0. The van der Waals surface area contributed by atoms with Crippen LogP contribution in [0.3, 0.4) is 0 Å². The molecule has 2 amide bonds. The predicted octanol–water partition coefficient (Wildman–Crippen LogP) is 3.17. The molecule has 0 atom stereocenters. The summed E-state index contributed by atoms with van der Waals surface area (Å²) >= 11 is 6.19. The van der Waals surface area contributed by atoms with Gasteiger partial charge in [-0.05, 0) is 30.3 Å². The number of hydrogen-bond acceptors (Lipinski definition) is 5. The van der Waals surface area contributed by atoms with Crippen molar-refractivity contribution < 1.29 is 18.7 Å². The number of carbonyl (C=O) groups is 2. The Bertz CT molecular complexity index is 1150. The second-order valence-electron chi connectivity index (χ2n) is 6.54. The van der Waals surface area contributed by atoms with Gasteiger partial charge in [0.25, 0.3) is 11.8 Å². The van der Waals surface area contributed by atoms with Gasteiger partial charge >= 0.3 is 5.63 Å². The van der Waals surface area contributed by atoms with E-state index in [9.17, 15) is 14.4 Å². The third kappa shape index (κ3) is 4.01. The average Bonchev–Trinajstić information content (AvgIpc) is 2.74. The fourth-order valence-corrected chi connectivity index (χ4v) is 3.28. The van der Waals surface area contributed by atoms with Gasteiger partial charge in [-0.15, -0.1) is 0 Å². The van der Waals surface area contributed by atoms with Crippen LogP contribution in [0.2, 0.25) is 5.02 Å². The number of rotatable bonds is 3. The zero-order valence-electron chi connectivity index (χ0n) is 15.3. The largest absolute Gasteiger partial charge is 0.422 e. The molecule has 0 aliphatic carbocycles. The van der Waals surface area contributed by atoms with E-state index in [1.807, 2.05) is 0 Å². The molecule has 1 aromatic heterocycles. The Hall–Kier alpha value is -3.16. The molecule has 148 valence electrons. The smallest absolute Gasteiger partial charge is 0.349 e. The molecular weight excluding hydrogens is 396 g/mol. The molecule has 0 unspecified atom stereocenters. The van der Waals surface area contributed by atoms with Crippen LogP contribution in [0.4, 0.5) is 5.69 Å². The van der Waals surface area contributed by atoms with Crippen LogP contribution in [0.25, 0.3) is 11.0 Å². The Kier molecular flexibility index (Phi) is 5.33. The van der Waals surface area contributed by atoms with E-state index < -0.39 is 11.5 Å². The van der Waals surface area contributed by atoms with Crippen molar-refractivity contribution >= 4 is 40.1 Å². The minimum absolute atomic E-state index is 0.148. The molecule has 0 bridgehead atoms. The maximum absolute atomic E-state index is 12.7. The lowest BCUT2D eigenvalue weighted by Crippen LogP contribution is -2.40. The highest BCUT2D eigenvalue weighted by Gasteiger charge is 2.21. The lowest BCUT2D eigenvalue weighted by atomic mass is 10.1. The van der Waals surface area contributed by atoms with E-state index in [2.05, 4.69) is 5.32 Å². The van der Waals surface area contributed by atoms with E-state index in [0.29, 0.717) is 42.8 Å². The molecule has 0 spiro atoms. The quantitative estimate of drug-likeness (QED) is 0.667. The van der Waals surface area contributed by atoms with Gasteiger partial charge in [0.1, 0.15) is 11.1 Å². The van der Waals surface area contributed by atoms with Gasteiger partial charge < -0.3 is 19.4 Å². The zero-order valence-corrected chi connectivity index (χ0v) is 16.1. The number of carbonyl (C=O) groups excluding carboxylic acids is 2. The minimum atomic E-state index is -0.752. The maximum Gasteiger partial charge on any atom is 0.349 e. The van der Waals surface area contributed by atoms with Crippen LogP contribution in [-0.2, 0) is 4.74 Å². The average molecular weight is 413 g/mol. The Balaban J connectivity index is 1.60. The van der Waals surface area contributed by atoms with Crippen molar-refractivity contribution in [1.29, 1.82) is 0 Å². The molecule has 29 heavy (non-hydrogen) atoms. The fraction of sp³-hybridized carbons (Fsp3) is 0.190. The molecular formula is C21H17ClN2O5. The normalized spacial score (nSPS) is 14.0. The third-order valence-corrected chi connectivity index (χ3v) is 4.98. The molecule has 1 aliphatic rings. The molecule has 1 saturated heterocycles. The number of nitrogens with one attached hydrogen (secondary N) is 1. The summed E-state index contributed by atoms with van der Waals surface area (Å²) in [5.74, 6) is -0.840. The second-order valence-corrected chi connectivity index (χ2v) is 6.95. The van der Waals surface area contributed by atoms with Gasteiger partial charge in [0.05, 0.1) is 23.9 Å². The SMILES string of the molecule is O=C(Nc1cc(C(=O)N2CCOCC2)ccc1Cl)c1cc2ccccc2oc1=O. The summed E-state index contributed by atoms with van der Waals surface area (Å²) in [7, 11) is 0. The van der Waals surface area contributed by atoms with E-state index in [4.69, 9.17) is 20.8 Å². The molecule has 1 fully saturated rings. The number of fused-ring (bicyclic) bond motifs is 1. The van der Waals surface area contributed by atoms with Gasteiger partial charge in [0.15, 0.2) is 0 Å². The van der Waals surface area contributed by atoms with E-state index in [1.165, 1.54) is 18.2 Å². The number of anilines is 1. The van der Waals surface area contributed by atoms with E-state index in [-0.39, 0.29) is 22.2 Å². The van der Waals surface area contributed by atoms with Crippen molar-refractivity contribution in [2.24, 2.45) is 0 Å². The summed E-state index contributed by atoms with van der Waals surface area (Å²) in [5, 5.41) is 3.48. The Morgan fingerprint density at radius 3 is 2.59 bits per heavy atom. The first-order valence-corrected chi connectivity index (χ1v) is 9.41. The van der Waals surface area contributed by atoms with E-state index in [1.54, 1.807) is 35.2 Å². The Morgan fingerprint density at radius 1 is 1.03 bits per heavy atom. The second kappa shape index (κ2) is 8.06. The highest BCUT2D eigenvalue weighted by Crippen LogP contribution is 2.25. The molecule has 7 nitrogen and oxygen atoms in total. The summed E-state index contributed by atoms with van der Waals surface area (Å²) < 4.78 is 10.5. The monoisotopic (exact) mass is 412 g/mol. The number of morpholine rings is 1. The Labute approximate surface area is 170 Å². The van der Waals surface area contributed by atoms with Crippen molar-refractivity contribution in [1.82, 2.24) is 4.90 Å². The van der Waals surface area contributed by atoms with Gasteiger partial charge in [0, 0.05) is 24.0 Å². The number of ether oxygens (including phenoxy) is 1. The topological polar surface area (TPSA) is 88.8 Å². The van der Waals surface area contributed by atoms with Crippen LogP contribution in [0, 0.1) is 0 Å². The van der Waals surface area contributed by atoms with Crippen LogP contribution in [0.1, 0.15) is 20.7 Å². The van der Waals surface area contributed by atoms with E-state index in [0.717, 1.165) is 0 Å². The number of benzene rings is 2. The summed E-state index contributed by atoms with van der Waals surface area (Å²) in [6, 6.07) is 13.0. The fourth-order valence-electron chi connectivity index (χ4n) is 3.11. The van der Waals surface area contributed by atoms with Crippen LogP contribution in [-0.4, -0.2) is 43.0 Å². The molecule has 4 rings (SSSR count). The molecule has 2 aromatic carbocycles. The summed E-state index contributed by atoms with van der Waals surface area (Å²) in [4.78, 5) is 39.2. The molecule has 1 aliphatic heterocycles. The van der Waals surface area contributed by atoms with Gasteiger partial charge in [-0.1, -0.05) is 29.8 Å². The number of hydrogen-bond donors (Lipinski definition) is 1. The Morgan fingerprint density at radius 2 is 1.79 bits per heavy atom. The van der Waals surface area contributed by atoms with Crippen LogP contribution in [0.5, 0.6) is 0 Å². The highest BCUT2D eigenvalue weighted by atomic mass is 35.5. The van der Waals surface area contributed by atoms with Gasteiger partial charge in [-0.3, -0.25) is 9.59 Å². The van der Waals surface area contributed by atoms with Gasteiger partial charge in [-0.2, -0.15) is 0 Å². The summed E-state index contributed by atoms with van der Waals surface area (Å²) in [6.45, 7) is 1.98. The summed E-state index contributed by atoms with van der Waals surface area (Å²) in [5.41, 5.74) is 0.119. The standard InChI is InChI=1S/C21H17ClN2O5/c22-16-6-5-14(20(26)24-7-9-28-10-8-24)12-17(16)23-19(25)15-11-13-3-1-2-4-18(13)29-21(15)27/h1-6,11-12H,7-10H2,(H,23,25). The van der Waals surface area contributed by atoms with E-state index >= 15 is 0 Å². The van der Waals surface area contributed by atoms with Gasteiger partial charge in [0.2, 0.25) is 0 Å². The molecule has 3 aromatic rings. The van der Waals surface area contributed by atoms with Crippen LogP contribution in [0.15, 0.2) is 57.7 Å². The van der Waals surface area contributed by atoms with Crippen molar-refractivity contribution in [3.63, 3.8) is 0 Å². The molecule has 8 heteroatoms. The predicted molar refractivity (Wildman–Crippen MR) is 109 cm³/mol. The lowest BCUT2D eigenvalue weighted by Gasteiger charge is -2.27. The first-order valence-electron chi connectivity index (χ1n) is 9.04. The van der Waals surface area contributed by atoms with Crippen molar-refractivity contribution in [2.75, 3.05) is 31.6 Å². The van der Waals surface area contributed by atoms with Crippen molar-refractivity contribution in [2.45, 2.75) is 0 Å². The maximum atomic E-state index is 12.7. The number of nitrogens with zero attached hydrogens (tertiary/aromatic N) is 1. The van der Waals surface area contributed by atoms with Crippen molar-refractivity contribution in [3.8, 4) is 0 Å². The first-order chi connectivity index (χ1) is 14.0. The lowest BCUT2D eigenvalue weighted by molar-refractivity contribution is 0.0303. The molecule has 0 radical (unpaired) electrons. The zero-order chi connectivity index (χ0) is 20.4. The number of amides is 2. The van der Waals surface area contributed by atoms with Crippen molar-refractivity contribution in [3.05, 3.63) is 75.1 Å². The first kappa shape index (κ1) is 19.2.